The Hall–Kier alpha value is -5.98. The minimum absolute atomic E-state index is 0.533. The second kappa shape index (κ2) is 14.2. The van der Waals surface area contributed by atoms with Gasteiger partial charge in [0.1, 0.15) is 0 Å². The molecule has 0 radical (unpaired) electrons. The minimum atomic E-state index is 0.533. The zero-order valence-corrected chi connectivity index (χ0v) is 28.8. The number of aromatic nitrogens is 4. The lowest BCUT2D eigenvalue weighted by Gasteiger charge is -2.12. The lowest BCUT2D eigenvalue weighted by molar-refractivity contribution is 1.07. The summed E-state index contributed by atoms with van der Waals surface area (Å²) in [6.45, 7) is 23.7. The number of rotatable bonds is 4. The lowest BCUT2D eigenvalue weighted by Crippen LogP contribution is -2.02. The first-order valence-corrected chi connectivity index (χ1v) is 15.8. The Morgan fingerprint density at radius 1 is 0.542 bits per heavy atom. The molecule has 2 heterocycles. The monoisotopic (exact) mass is 626 g/mol. The molecule has 0 aliphatic heterocycles. The van der Waals surface area contributed by atoms with E-state index in [2.05, 4.69) is 49.0 Å². The molecule has 48 heavy (non-hydrogen) atoms. The van der Waals surface area contributed by atoms with E-state index in [0.29, 0.717) is 11.3 Å². The van der Waals surface area contributed by atoms with E-state index in [-0.39, 0.29) is 0 Å². The SMILES string of the molecule is Cc1nc2c(C)c3nc(C)c(C)nc3c(C)c2nc1C.[C-]#[N+]c1cc(/C=C/c2ccc(C)cc2)c(C#N)cc1/C=C/c1ccc(C)cc1. The number of hydrogen-bond donors (Lipinski definition) is 0. The molecule has 6 aromatic rings. The van der Waals surface area contributed by atoms with Gasteiger partial charge in [-0.25, -0.2) is 24.8 Å². The van der Waals surface area contributed by atoms with Gasteiger partial charge in [-0.15, -0.1) is 0 Å². The van der Waals surface area contributed by atoms with Crippen molar-refractivity contribution in [3.05, 3.63) is 145 Å². The molecule has 0 fully saturated rings. The molecule has 0 aliphatic rings. The summed E-state index contributed by atoms with van der Waals surface area (Å²) < 4.78 is 0. The Morgan fingerprint density at radius 3 is 1.27 bits per heavy atom. The molecule has 0 atom stereocenters. The van der Waals surface area contributed by atoms with Crippen molar-refractivity contribution >= 4 is 52.1 Å². The molecule has 0 aliphatic carbocycles. The number of benzene rings is 4. The third-order valence-corrected chi connectivity index (χ3v) is 8.54. The Balaban J connectivity index is 0.000000198. The molecule has 0 spiro atoms. The molecule has 0 saturated heterocycles. The molecule has 0 saturated carbocycles. The van der Waals surface area contributed by atoms with Crippen molar-refractivity contribution in [2.45, 2.75) is 55.4 Å². The van der Waals surface area contributed by atoms with E-state index in [9.17, 15) is 5.26 Å². The first-order chi connectivity index (χ1) is 23.0. The summed E-state index contributed by atoms with van der Waals surface area (Å²) in [6.07, 6.45) is 7.72. The van der Waals surface area contributed by atoms with Crippen molar-refractivity contribution in [2.75, 3.05) is 0 Å². The molecular formula is C42H38N6. The van der Waals surface area contributed by atoms with Gasteiger partial charge in [0, 0.05) is 11.1 Å². The first-order valence-electron chi connectivity index (χ1n) is 15.8. The van der Waals surface area contributed by atoms with Crippen molar-refractivity contribution in [1.29, 1.82) is 5.26 Å². The highest BCUT2D eigenvalue weighted by Crippen LogP contribution is 2.30. The van der Waals surface area contributed by atoms with Gasteiger partial charge in [0.2, 0.25) is 0 Å². The Labute approximate surface area is 283 Å². The summed E-state index contributed by atoms with van der Waals surface area (Å²) in [4.78, 5) is 22.5. The molecule has 2 aromatic heterocycles. The van der Waals surface area contributed by atoms with Crippen molar-refractivity contribution in [3.63, 3.8) is 0 Å². The number of aryl methyl sites for hydroxylation is 8. The molecule has 0 amide bonds. The summed E-state index contributed by atoms with van der Waals surface area (Å²) >= 11 is 0. The van der Waals surface area contributed by atoms with E-state index in [1.807, 2.05) is 90.1 Å². The van der Waals surface area contributed by atoms with Gasteiger partial charge in [0.25, 0.3) is 0 Å². The predicted molar refractivity (Wildman–Crippen MR) is 199 cm³/mol. The Bertz CT molecular complexity index is 2080. The van der Waals surface area contributed by atoms with Gasteiger partial charge in [-0.3, -0.25) is 0 Å². The maximum absolute atomic E-state index is 9.57. The summed E-state index contributed by atoms with van der Waals surface area (Å²) in [5, 5.41) is 9.57. The third kappa shape index (κ3) is 7.20. The van der Waals surface area contributed by atoms with Crippen molar-refractivity contribution in [1.82, 2.24) is 19.9 Å². The van der Waals surface area contributed by atoms with Crippen LogP contribution in [0.25, 0.3) is 51.2 Å². The van der Waals surface area contributed by atoms with Crippen molar-refractivity contribution in [3.8, 4) is 6.07 Å². The maximum Gasteiger partial charge on any atom is 0.194 e. The maximum atomic E-state index is 9.57. The first kappa shape index (κ1) is 33.4. The second-order valence-electron chi connectivity index (χ2n) is 12.1. The topological polar surface area (TPSA) is 79.7 Å². The van der Waals surface area contributed by atoms with Crippen molar-refractivity contribution in [2.24, 2.45) is 0 Å². The standard InChI is InChI=1S/C26H20N2.C16H18N4/c1-19-4-8-21(9-5-19)12-14-23-17-26(28-3)24(16-25(23)18-27)15-13-22-10-6-20(2)7-11-22;1-7-13-15(19-11(5)9(3)17-13)8(2)16-14(7)18-10(4)12(6)20-16/h4-17H,1-2H3;1-6H3/b14-12+,15-13+;. The van der Waals surface area contributed by atoms with Crippen LogP contribution in [0.1, 0.15) is 72.8 Å². The zero-order chi connectivity index (χ0) is 34.5. The average Bonchev–Trinajstić information content (AvgIpc) is 3.08. The molecule has 4 aromatic carbocycles. The van der Waals surface area contributed by atoms with Crippen LogP contribution in [0.5, 0.6) is 0 Å². The largest absolute Gasteiger partial charge is 0.249 e. The highest BCUT2D eigenvalue weighted by Gasteiger charge is 2.15. The molecular weight excluding hydrogens is 589 g/mol. The summed E-state index contributed by atoms with van der Waals surface area (Å²) in [7, 11) is 0. The van der Waals surface area contributed by atoms with Gasteiger partial charge < -0.3 is 0 Å². The van der Waals surface area contributed by atoms with Gasteiger partial charge in [0.05, 0.1) is 63.0 Å². The van der Waals surface area contributed by atoms with Crippen molar-refractivity contribution < 1.29 is 0 Å². The van der Waals surface area contributed by atoms with Crippen LogP contribution < -0.4 is 0 Å². The summed E-state index contributed by atoms with van der Waals surface area (Å²) in [5.41, 5.74) is 16.9. The van der Waals surface area contributed by atoms with Crippen LogP contribution in [0.4, 0.5) is 5.69 Å². The van der Waals surface area contributed by atoms with Crippen LogP contribution in [-0.4, -0.2) is 19.9 Å². The van der Waals surface area contributed by atoms with E-state index in [4.69, 9.17) is 26.5 Å². The summed E-state index contributed by atoms with van der Waals surface area (Å²) in [5.74, 6) is 0. The minimum Gasteiger partial charge on any atom is -0.249 e. The van der Waals surface area contributed by atoms with Crippen LogP contribution in [-0.2, 0) is 0 Å². The van der Waals surface area contributed by atoms with Gasteiger partial charge in [-0.2, -0.15) is 5.26 Å². The van der Waals surface area contributed by atoms with E-state index in [1.165, 1.54) is 11.1 Å². The van der Waals surface area contributed by atoms with Crippen LogP contribution in [0, 0.1) is 73.3 Å². The van der Waals surface area contributed by atoms with Crippen LogP contribution in [0.15, 0.2) is 60.7 Å². The van der Waals surface area contributed by atoms with E-state index >= 15 is 0 Å². The molecule has 6 nitrogen and oxygen atoms in total. The fourth-order valence-electron chi connectivity index (χ4n) is 5.29. The Kier molecular flexibility index (Phi) is 9.88. The van der Waals surface area contributed by atoms with Crippen LogP contribution in [0.2, 0.25) is 0 Å². The van der Waals surface area contributed by atoms with Gasteiger partial charge >= 0.3 is 0 Å². The number of fused-ring (bicyclic) bond motifs is 2. The zero-order valence-electron chi connectivity index (χ0n) is 28.8. The summed E-state index contributed by atoms with van der Waals surface area (Å²) in [6, 6.07) is 22.2. The molecule has 6 rings (SSSR count). The fraction of sp³-hybridized carbons (Fsp3) is 0.190. The second-order valence-corrected chi connectivity index (χ2v) is 12.1. The lowest BCUT2D eigenvalue weighted by atomic mass is 10.0. The van der Waals surface area contributed by atoms with Crippen LogP contribution >= 0.6 is 0 Å². The highest BCUT2D eigenvalue weighted by molar-refractivity contribution is 5.98. The molecule has 236 valence electrons. The average molecular weight is 627 g/mol. The van der Waals surface area contributed by atoms with Gasteiger partial charge in [-0.1, -0.05) is 84.0 Å². The normalized spacial score (nSPS) is 11.1. The molecule has 6 heteroatoms. The van der Waals surface area contributed by atoms with Crippen LogP contribution in [0.3, 0.4) is 0 Å². The number of hydrogen-bond acceptors (Lipinski definition) is 5. The highest BCUT2D eigenvalue weighted by atomic mass is 14.9. The molecule has 0 unspecified atom stereocenters. The van der Waals surface area contributed by atoms with Gasteiger partial charge in [-0.05, 0) is 89.8 Å². The Morgan fingerprint density at radius 2 is 0.917 bits per heavy atom. The van der Waals surface area contributed by atoms with E-state index in [1.54, 1.807) is 12.1 Å². The molecule has 0 N–H and O–H groups in total. The number of nitriles is 1. The predicted octanol–water partition coefficient (Wildman–Crippen LogP) is 10.5. The number of nitrogens with zero attached hydrogens (tertiary/aromatic N) is 6. The quantitative estimate of drug-likeness (QED) is 0.110. The van der Waals surface area contributed by atoms with E-state index < -0.39 is 0 Å². The fourth-order valence-corrected chi connectivity index (χ4v) is 5.29. The molecule has 0 bridgehead atoms. The van der Waals surface area contributed by atoms with Gasteiger partial charge in [0.15, 0.2) is 5.69 Å². The third-order valence-electron chi connectivity index (χ3n) is 8.54. The smallest absolute Gasteiger partial charge is 0.194 e. The van der Waals surface area contributed by atoms with E-state index in [0.717, 1.165) is 78.2 Å².